The number of rotatable bonds is 8. The molecule has 6 nitrogen and oxygen atoms in total. The molecule has 0 saturated heterocycles. The number of aryl methyl sites for hydroxylation is 1. The molecular formula is C22H27N5O. The fraction of sp³-hybridized carbons (Fsp3) is 0.273. The number of benzene rings is 2. The maximum absolute atomic E-state index is 5.42. The zero-order valence-corrected chi connectivity index (χ0v) is 16.9. The molecule has 3 rings (SSSR count). The summed E-state index contributed by atoms with van der Waals surface area (Å²) in [5.41, 5.74) is 3.37. The molecule has 3 aromatic rings. The van der Waals surface area contributed by atoms with Crippen LogP contribution < -0.4 is 20.3 Å². The van der Waals surface area contributed by atoms with E-state index < -0.39 is 0 Å². The predicted molar refractivity (Wildman–Crippen MR) is 116 cm³/mol. The molecule has 28 heavy (non-hydrogen) atoms. The molecule has 0 aliphatic carbocycles. The zero-order chi connectivity index (χ0) is 19.9. The summed E-state index contributed by atoms with van der Waals surface area (Å²) in [7, 11) is 5.63. The van der Waals surface area contributed by atoms with E-state index in [1.807, 2.05) is 55.4 Å². The molecule has 0 bridgehead atoms. The monoisotopic (exact) mass is 377 g/mol. The number of aromatic nitrogens is 2. The van der Waals surface area contributed by atoms with Crippen molar-refractivity contribution in [3.05, 3.63) is 65.7 Å². The van der Waals surface area contributed by atoms with Gasteiger partial charge in [0.15, 0.2) is 0 Å². The highest BCUT2D eigenvalue weighted by atomic mass is 16.5. The van der Waals surface area contributed by atoms with Gasteiger partial charge >= 0.3 is 0 Å². The maximum Gasteiger partial charge on any atom is 0.226 e. The molecule has 0 spiro atoms. The van der Waals surface area contributed by atoms with Gasteiger partial charge in [0, 0.05) is 32.4 Å². The van der Waals surface area contributed by atoms with Crippen molar-refractivity contribution in [2.24, 2.45) is 0 Å². The Labute approximate surface area is 166 Å². The van der Waals surface area contributed by atoms with Crippen LogP contribution in [0, 0.1) is 6.92 Å². The largest absolute Gasteiger partial charge is 0.496 e. The normalized spacial score (nSPS) is 10.4. The minimum atomic E-state index is 0.593. The first-order valence-corrected chi connectivity index (χ1v) is 9.31. The number of ether oxygens (including phenoxy) is 1. The number of nitrogens with one attached hydrogen (secondary N) is 2. The van der Waals surface area contributed by atoms with Crippen LogP contribution in [-0.2, 0) is 6.42 Å². The Bertz CT molecular complexity index is 909. The van der Waals surface area contributed by atoms with E-state index in [0.717, 1.165) is 35.1 Å². The van der Waals surface area contributed by atoms with Gasteiger partial charge in [-0.3, -0.25) is 0 Å². The highest BCUT2D eigenvalue weighted by Gasteiger charge is 2.08. The summed E-state index contributed by atoms with van der Waals surface area (Å²) in [5, 5.41) is 6.69. The molecule has 1 heterocycles. The third kappa shape index (κ3) is 5.13. The van der Waals surface area contributed by atoms with Gasteiger partial charge < -0.3 is 20.3 Å². The molecule has 1 aromatic heterocycles. The van der Waals surface area contributed by atoms with E-state index in [1.54, 1.807) is 7.11 Å². The van der Waals surface area contributed by atoms with Crippen LogP contribution in [0.4, 0.5) is 23.3 Å². The van der Waals surface area contributed by atoms with E-state index in [0.29, 0.717) is 12.5 Å². The second-order valence-electron chi connectivity index (χ2n) is 6.81. The van der Waals surface area contributed by atoms with Crippen molar-refractivity contribution in [1.82, 2.24) is 9.97 Å². The standard InChI is InChI=1S/C22H27N5O/c1-16-9-11-18(12-10-16)24-20-15-21(27(2)3)26-22(25-20)23-14-13-17-7-5-6-8-19(17)28-4/h5-12,15H,13-14H2,1-4H3,(H2,23,24,25,26). The smallest absolute Gasteiger partial charge is 0.226 e. The first-order chi connectivity index (χ1) is 13.5. The molecule has 0 amide bonds. The van der Waals surface area contributed by atoms with Gasteiger partial charge in [-0.15, -0.1) is 0 Å². The number of hydrogen-bond donors (Lipinski definition) is 2. The Balaban J connectivity index is 1.72. The maximum atomic E-state index is 5.42. The van der Waals surface area contributed by atoms with Crippen LogP contribution in [0.5, 0.6) is 5.75 Å². The highest BCUT2D eigenvalue weighted by Crippen LogP contribution is 2.21. The summed E-state index contributed by atoms with van der Waals surface area (Å²) in [5.74, 6) is 3.08. The molecule has 0 fully saturated rings. The van der Waals surface area contributed by atoms with Crippen molar-refractivity contribution in [2.75, 3.05) is 43.3 Å². The Hall–Kier alpha value is -3.28. The minimum absolute atomic E-state index is 0.593. The number of anilines is 4. The average Bonchev–Trinajstić information content (AvgIpc) is 2.70. The second-order valence-corrected chi connectivity index (χ2v) is 6.81. The van der Waals surface area contributed by atoms with Gasteiger partial charge in [0.05, 0.1) is 7.11 Å². The van der Waals surface area contributed by atoms with Crippen molar-refractivity contribution in [1.29, 1.82) is 0 Å². The summed E-state index contributed by atoms with van der Waals surface area (Å²) < 4.78 is 5.42. The average molecular weight is 377 g/mol. The summed E-state index contributed by atoms with van der Waals surface area (Å²) in [6.07, 6.45) is 0.820. The molecule has 0 aliphatic rings. The lowest BCUT2D eigenvalue weighted by Crippen LogP contribution is -2.15. The molecule has 0 radical (unpaired) electrons. The molecule has 0 atom stereocenters. The summed E-state index contributed by atoms with van der Waals surface area (Å²) in [6, 6.07) is 18.2. The summed E-state index contributed by atoms with van der Waals surface area (Å²) in [4.78, 5) is 11.2. The van der Waals surface area contributed by atoms with Crippen LogP contribution in [-0.4, -0.2) is 37.7 Å². The Morgan fingerprint density at radius 3 is 2.46 bits per heavy atom. The molecule has 6 heteroatoms. The van der Waals surface area contributed by atoms with E-state index in [1.165, 1.54) is 5.56 Å². The topological polar surface area (TPSA) is 62.3 Å². The predicted octanol–water partition coefficient (Wildman–Crippen LogP) is 4.26. The van der Waals surface area contributed by atoms with E-state index >= 15 is 0 Å². The number of para-hydroxylation sites is 1. The van der Waals surface area contributed by atoms with Gasteiger partial charge in [-0.1, -0.05) is 35.9 Å². The van der Waals surface area contributed by atoms with Gasteiger partial charge in [0.25, 0.3) is 0 Å². The molecule has 2 N–H and O–H groups in total. The summed E-state index contributed by atoms with van der Waals surface area (Å²) >= 11 is 0. The number of nitrogens with zero attached hydrogens (tertiary/aromatic N) is 3. The molecule has 0 aliphatic heterocycles. The van der Waals surface area contributed by atoms with Gasteiger partial charge in [0.1, 0.15) is 17.4 Å². The molecule has 0 unspecified atom stereocenters. The third-order valence-corrected chi connectivity index (χ3v) is 4.36. The lowest BCUT2D eigenvalue weighted by Gasteiger charge is -2.16. The van der Waals surface area contributed by atoms with Crippen molar-refractivity contribution >= 4 is 23.3 Å². The zero-order valence-electron chi connectivity index (χ0n) is 16.9. The van der Waals surface area contributed by atoms with Crippen LogP contribution in [0.15, 0.2) is 54.6 Å². The Morgan fingerprint density at radius 1 is 1.00 bits per heavy atom. The molecule has 0 saturated carbocycles. The minimum Gasteiger partial charge on any atom is -0.496 e. The van der Waals surface area contributed by atoms with Crippen LogP contribution in [0.1, 0.15) is 11.1 Å². The third-order valence-electron chi connectivity index (χ3n) is 4.36. The van der Waals surface area contributed by atoms with Gasteiger partial charge in [-0.2, -0.15) is 9.97 Å². The SMILES string of the molecule is COc1ccccc1CCNc1nc(Nc2ccc(C)cc2)cc(N(C)C)n1. The van der Waals surface area contributed by atoms with Crippen LogP contribution >= 0.6 is 0 Å². The fourth-order valence-electron chi connectivity index (χ4n) is 2.81. The first kappa shape index (κ1) is 19.5. The summed E-state index contributed by atoms with van der Waals surface area (Å²) in [6.45, 7) is 2.78. The number of methoxy groups -OCH3 is 1. The fourth-order valence-corrected chi connectivity index (χ4v) is 2.81. The van der Waals surface area contributed by atoms with Crippen molar-refractivity contribution in [3.63, 3.8) is 0 Å². The van der Waals surface area contributed by atoms with Gasteiger partial charge in [0.2, 0.25) is 5.95 Å². The van der Waals surface area contributed by atoms with Crippen molar-refractivity contribution in [2.45, 2.75) is 13.3 Å². The lowest BCUT2D eigenvalue weighted by molar-refractivity contribution is 0.410. The van der Waals surface area contributed by atoms with E-state index in [4.69, 9.17) is 4.74 Å². The van der Waals surface area contributed by atoms with Crippen molar-refractivity contribution in [3.8, 4) is 5.75 Å². The van der Waals surface area contributed by atoms with E-state index in [-0.39, 0.29) is 0 Å². The van der Waals surface area contributed by atoms with Crippen LogP contribution in [0.2, 0.25) is 0 Å². The molecule has 146 valence electrons. The first-order valence-electron chi connectivity index (χ1n) is 9.31. The van der Waals surface area contributed by atoms with Crippen LogP contribution in [0.3, 0.4) is 0 Å². The molecular weight excluding hydrogens is 350 g/mol. The lowest BCUT2D eigenvalue weighted by atomic mass is 10.1. The highest BCUT2D eigenvalue weighted by molar-refractivity contribution is 5.61. The van der Waals surface area contributed by atoms with Crippen molar-refractivity contribution < 1.29 is 4.74 Å². The van der Waals surface area contributed by atoms with Gasteiger partial charge in [-0.05, 0) is 37.1 Å². The quantitative estimate of drug-likeness (QED) is 0.612. The molecule has 2 aromatic carbocycles. The number of hydrogen-bond acceptors (Lipinski definition) is 6. The van der Waals surface area contributed by atoms with E-state index in [2.05, 4.69) is 45.7 Å². The van der Waals surface area contributed by atoms with Crippen LogP contribution in [0.25, 0.3) is 0 Å². The Kier molecular flexibility index (Phi) is 6.32. The second kappa shape index (κ2) is 9.08. The van der Waals surface area contributed by atoms with E-state index in [9.17, 15) is 0 Å². The Morgan fingerprint density at radius 2 is 1.75 bits per heavy atom. The van der Waals surface area contributed by atoms with Gasteiger partial charge in [-0.25, -0.2) is 0 Å².